The maximum Gasteiger partial charge on any atom is 0.228 e. The number of nitrogens with zero attached hydrogens (tertiary/aromatic N) is 4. The molecule has 1 aromatic carbocycles. The fourth-order valence-corrected chi connectivity index (χ4v) is 4.96. The Kier molecular flexibility index (Phi) is 6.65. The number of hydrogen-bond donors (Lipinski definition) is 0. The van der Waals surface area contributed by atoms with Crippen LogP contribution in [0.3, 0.4) is 0 Å². The van der Waals surface area contributed by atoms with E-state index in [0.717, 1.165) is 35.7 Å². The fraction of sp³-hybridized carbons (Fsp3) is 0.435. The van der Waals surface area contributed by atoms with Crippen LogP contribution in [0.25, 0.3) is 0 Å². The van der Waals surface area contributed by atoms with Gasteiger partial charge in [0.05, 0.1) is 25.7 Å². The smallest absolute Gasteiger partial charge is 0.228 e. The zero-order valence-electron chi connectivity index (χ0n) is 18.2. The van der Waals surface area contributed by atoms with Crippen LogP contribution in [-0.2, 0) is 6.54 Å². The van der Waals surface area contributed by atoms with E-state index in [1.807, 2.05) is 12.1 Å². The molecule has 1 aliphatic rings. The number of hydrogen-bond acceptors (Lipinski definition) is 7. The van der Waals surface area contributed by atoms with E-state index in [1.54, 1.807) is 37.6 Å². The van der Waals surface area contributed by atoms with Crippen LogP contribution in [0.15, 0.2) is 52.2 Å². The maximum atomic E-state index is 12.7. The number of aromatic nitrogens is 3. The van der Waals surface area contributed by atoms with E-state index in [0.29, 0.717) is 23.9 Å². The second-order valence-corrected chi connectivity index (χ2v) is 9.18. The van der Waals surface area contributed by atoms with Crippen LogP contribution in [0, 0.1) is 11.8 Å². The van der Waals surface area contributed by atoms with Gasteiger partial charge in [-0.25, -0.2) is 0 Å². The van der Waals surface area contributed by atoms with Crippen molar-refractivity contribution < 1.29 is 13.9 Å². The molecule has 31 heavy (non-hydrogen) atoms. The number of piperidine rings is 1. The van der Waals surface area contributed by atoms with E-state index in [4.69, 9.17) is 9.15 Å². The second kappa shape index (κ2) is 9.60. The summed E-state index contributed by atoms with van der Waals surface area (Å²) in [5.74, 6) is 3.95. The quantitative estimate of drug-likeness (QED) is 0.380. The van der Waals surface area contributed by atoms with Crippen molar-refractivity contribution >= 4 is 23.5 Å². The lowest BCUT2D eigenvalue weighted by atomic mass is 9.92. The van der Waals surface area contributed by atoms with Gasteiger partial charge in [-0.3, -0.25) is 9.36 Å². The summed E-state index contributed by atoms with van der Waals surface area (Å²) >= 11 is 1.41. The van der Waals surface area contributed by atoms with Gasteiger partial charge in [0.15, 0.2) is 10.9 Å². The average molecular weight is 441 g/mol. The highest BCUT2D eigenvalue weighted by Gasteiger charge is 2.27. The van der Waals surface area contributed by atoms with Crippen LogP contribution in [0.1, 0.15) is 36.4 Å². The van der Waals surface area contributed by atoms with Gasteiger partial charge in [-0.1, -0.05) is 25.6 Å². The number of carbonyl (C=O) groups excluding carboxylic acids is 1. The zero-order chi connectivity index (χ0) is 21.8. The number of rotatable bonds is 8. The Bertz CT molecular complexity index is 991. The van der Waals surface area contributed by atoms with Crippen LogP contribution in [0.2, 0.25) is 0 Å². The van der Waals surface area contributed by atoms with Gasteiger partial charge in [-0.2, -0.15) is 0 Å². The van der Waals surface area contributed by atoms with Crippen molar-refractivity contribution in [3.63, 3.8) is 0 Å². The Hall–Kier alpha value is -2.74. The first-order valence-electron chi connectivity index (χ1n) is 10.5. The van der Waals surface area contributed by atoms with Gasteiger partial charge in [0.25, 0.3) is 0 Å². The van der Waals surface area contributed by atoms with Crippen LogP contribution < -0.4 is 9.64 Å². The number of furan rings is 1. The van der Waals surface area contributed by atoms with E-state index >= 15 is 0 Å². The Morgan fingerprint density at radius 2 is 1.90 bits per heavy atom. The molecule has 0 saturated carbocycles. The molecular weight excluding hydrogens is 412 g/mol. The standard InChI is InChI=1S/C23H28N4O3S/c1-16-11-17(2)13-26(12-16)22-24-25-23(27(22)14-20-5-4-10-30-20)31-15-21(28)18-6-8-19(29-3)9-7-18/h4-10,16-17H,11-15H2,1-3H3/t16-,17-/m0/s1. The molecule has 0 N–H and O–H groups in total. The normalized spacial score (nSPS) is 18.9. The third-order valence-electron chi connectivity index (χ3n) is 5.49. The summed E-state index contributed by atoms with van der Waals surface area (Å²) in [6, 6.07) is 11.0. The first kappa shape index (κ1) is 21.5. The van der Waals surface area contributed by atoms with Gasteiger partial charge >= 0.3 is 0 Å². The number of thioether (sulfide) groups is 1. The molecule has 1 aliphatic heterocycles. The van der Waals surface area contributed by atoms with E-state index < -0.39 is 0 Å². The zero-order valence-corrected chi connectivity index (χ0v) is 19.0. The Morgan fingerprint density at radius 3 is 2.55 bits per heavy atom. The molecule has 7 nitrogen and oxygen atoms in total. The number of ether oxygens (including phenoxy) is 1. The molecule has 3 aromatic rings. The molecule has 164 valence electrons. The number of carbonyl (C=O) groups is 1. The monoisotopic (exact) mass is 440 g/mol. The molecule has 0 spiro atoms. The van der Waals surface area contributed by atoms with Crippen molar-refractivity contribution in [3.05, 3.63) is 54.0 Å². The molecule has 1 saturated heterocycles. The summed E-state index contributed by atoms with van der Waals surface area (Å²) in [6.45, 7) is 7.00. The van der Waals surface area contributed by atoms with Gasteiger partial charge in [-0.15, -0.1) is 10.2 Å². The first-order valence-corrected chi connectivity index (χ1v) is 11.5. The molecule has 2 atom stereocenters. The number of Topliss-reactive ketones (excluding diaryl/α,β-unsaturated/α-hetero) is 1. The molecule has 2 aromatic heterocycles. The molecule has 4 rings (SSSR count). The van der Waals surface area contributed by atoms with Crippen LogP contribution >= 0.6 is 11.8 Å². The molecule has 0 aliphatic carbocycles. The van der Waals surface area contributed by atoms with Crippen LogP contribution in [0.4, 0.5) is 5.95 Å². The average Bonchev–Trinajstić information content (AvgIpc) is 3.42. The minimum atomic E-state index is 0.0435. The number of ketones is 1. The van der Waals surface area contributed by atoms with Crippen LogP contribution in [-0.4, -0.2) is 46.5 Å². The molecule has 8 heteroatoms. The number of benzene rings is 1. The van der Waals surface area contributed by atoms with E-state index in [-0.39, 0.29) is 11.5 Å². The first-order chi connectivity index (χ1) is 15.0. The lowest BCUT2D eigenvalue weighted by molar-refractivity contribution is 0.102. The molecule has 0 bridgehead atoms. The maximum absolute atomic E-state index is 12.7. The number of anilines is 1. The van der Waals surface area contributed by atoms with Crippen molar-refractivity contribution in [1.29, 1.82) is 0 Å². The largest absolute Gasteiger partial charge is 0.497 e. The van der Waals surface area contributed by atoms with E-state index in [1.165, 1.54) is 18.2 Å². The van der Waals surface area contributed by atoms with Crippen molar-refractivity contribution in [2.24, 2.45) is 11.8 Å². The Balaban J connectivity index is 1.53. The second-order valence-electron chi connectivity index (χ2n) is 8.24. The van der Waals surface area contributed by atoms with E-state index in [2.05, 4.69) is 33.5 Å². The van der Waals surface area contributed by atoms with Crippen LogP contribution in [0.5, 0.6) is 5.75 Å². The highest BCUT2D eigenvalue weighted by atomic mass is 32.2. The molecule has 3 heterocycles. The molecule has 0 radical (unpaired) electrons. The predicted molar refractivity (Wildman–Crippen MR) is 121 cm³/mol. The molecule has 0 unspecified atom stereocenters. The minimum absolute atomic E-state index is 0.0435. The molecular formula is C23H28N4O3S. The Morgan fingerprint density at radius 1 is 1.16 bits per heavy atom. The van der Waals surface area contributed by atoms with Gasteiger partial charge in [0, 0.05) is 18.7 Å². The summed E-state index contributed by atoms with van der Waals surface area (Å²) in [5, 5.41) is 9.67. The number of methoxy groups -OCH3 is 1. The molecule has 1 fully saturated rings. The third-order valence-corrected chi connectivity index (χ3v) is 6.45. The van der Waals surface area contributed by atoms with Crippen molar-refractivity contribution in [2.45, 2.75) is 32.0 Å². The van der Waals surface area contributed by atoms with Crippen molar-refractivity contribution in [3.8, 4) is 5.75 Å². The van der Waals surface area contributed by atoms with E-state index in [9.17, 15) is 4.79 Å². The molecule has 0 amide bonds. The topological polar surface area (TPSA) is 73.4 Å². The van der Waals surface area contributed by atoms with Gasteiger partial charge in [-0.05, 0) is 54.7 Å². The highest BCUT2D eigenvalue weighted by molar-refractivity contribution is 7.99. The van der Waals surface area contributed by atoms with Gasteiger partial charge in [0.1, 0.15) is 11.5 Å². The predicted octanol–water partition coefficient (Wildman–Crippen LogP) is 4.39. The summed E-state index contributed by atoms with van der Waals surface area (Å²) < 4.78 is 12.8. The lowest BCUT2D eigenvalue weighted by Crippen LogP contribution is -2.40. The summed E-state index contributed by atoms with van der Waals surface area (Å²) in [7, 11) is 1.61. The summed E-state index contributed by atoms with van der Waals surface area (Å²) in [4.78, 5) is 15.0. The summed E-state index contributed by atoms with van der Waals surface area (Å²) in [5.41, 5.74) is 0.657. The Labute approximate surface area is 186 Å². The minimum Gasteiger partial charge on any atom is -0.497 e. The van der Waals surface area contributed by atoms with Crippen molar-refractivity contribution in [2.75, 3.05) is 30.9 Å². The third kappa shape index (κ3) is 5.12. The summed E-state index contributed by atoms with van der Waals surface area (Å²) in [6.07, 6.45) is 2.89. The lowest BCUT2D eigenvalue weighted by Gasteiger charge is -2.35. The van der Waals surface area contributed by atoms with Gasteiger partial charge in [0.2, 0.25) is 5.95 Å². The van der Waals surface area contributed by atoms with Gasteiger partial charge < -0.3 is 14.1 Å². The SMILES string of the molecule is COc1ccc(C(=O)CSc2nnc(N3C[C@@H](C)C[C@H](C)C3)n2Cc2ccco2)cc1. The highest BCUT2D eigenvalue weighted by Crippen LogP contribution is 2.29. The van der Waals surface area contributed by atoms with Crippen molar-refractivity contribution in [1.82, 2.24) is 14.8 Å². The fourth-order valence-electron chi connectivity index (χ4n) is 4.14.